The van der Waals surface area contributed by atoms with Crippen LogP contribution in [0, 0.1) is 20.4 Å². The SMILES string of the molecule is [C-]#[N+]c1c(C)nsc1/N=N/c1sc(NS(C)(=O)=O)nc1C. The fourth-order valence-corrected chi connectivity index (χ4v) is 3.61. The number of hydrogen-bond acceptors (Lipinski definition) is 8. The Labute approximate surface area is 129 Å². The minimum absolute atomic E-state index is 0.231. The molecule has 11 heteroatoms. The standard InChI is InChI=1S/C10H10N6O2S3/c1-5-7(11-3)9(20-15-5)14-13-8-6(2)12-10(19-8)16-21(4,17)18/h1-2,4H3,(H,12,16)/b14-13+. The molecule has 0 saturated carbocycles. The van der Waals surface area contributed by atoms with E-state index in [0.717, 1.165) is 29.1 Å². The molecule has 0 spiro atoms. The van der Waals surface area contributed by atoms with Crippen LogP contribution in [0.15, 0.2) is 10.2 Å². The number of nitrogens with zero attached hydrogens (tertiary/aromatic N) is 5. The third-order valence-electron chi connectivity index (χ3n) is 2.20. The molecule has 1 N–H and O–H groups in total. The Bertz CT molecular complexity index is 843. The van der Waals surface area contributed by atoms with Gasteiger partial charge in [-0.2, -0.15) is 0 Å². The predicted molar refractivity (Wildman–Crippen MR) is 82.6 cm³/mol. The topological polar surface area (TPSA) is 101 Å². The van der Waals surface area contributed by atoms with Gasteiger partial charge in [-0.3, -0.25) is 4.72 Å². The monoisotopic (exact) mass is 342 g/mol. The fraction of sp³-hybridized carbons (Fsp3) is 0.300. The molecule has 21 heavy (non-hydrogen) atoms. The van der Waals surface area contributed by atoms with Crippen LogP contribution >= 0.6 is 22.9 Å². The van der Waals surface area contributed by atoms with Gasteiger partial charge in [0.05, 0.1) is 24.2 Å². The van der Waals surface area contributed by atoms with Gasteiger partial charge in [-0.05, 0) is 25.4 Å². The average Bonchev–Trinajstić information content (AvgIpc) is 2.88. The maximum atomic E-state index is 11.1. The quantitative estimate of drug-likeness (QED) is 0.678. The highest BCUT2D eigenvalue weighted by molar-refractivity contribution is 7.92. The number of thiazole rings is 1. The number of rotatable bonds is 4. The fourth-order valence-electron chi connectivity index (χ4n) is 1.32. The van der Waals surface area contributed by atoms with Gasteiger partial charge in [0.25, 0.3) is 0 Å². The van der Waals surface area contributed by atoms with Crippen LogP contribution in [0.4, 0.5) is 20.8 Å². The highest BCUT2D eigenvalue weighted by Crippen LogP contribution is 2.38. The Hall–Kier alpha value is -1.90. The van der Waals surface area contributed by atoms with Crippen molar-refractivity contribution in [3.8, 4) is 0 Å². The van der Waals surface area contributed by atoms with Gasteiger partial charge in [-0.25, -0.2) is 22.6 Å². The summed E-state index contributed by atoms with van der Waals surface area (Å²) in [5.41, 5.74) is 1.55. The summed E-state index contributed by atoms with van der Waals surface area (Å²) in [5.74, 6) is 0. The van der Waals surface area contributed by atoms with Crippen molar-refractivity contribution in [1.29, 1.82) is 0 Å². The van der Waals surface area contributed by atoms with Crippen LogP contribution in [0.25, 0.3) is 4.85 Å². The number of aromatic nitrogens is 2. The highest BCUT2D eigenvalue weighted by Gasteiger charge is 2.13. The lowest BCUT2D eigenvalue weighted by molar-refractivity contribution is 0.607. The van der Waals surface area contributed by atoms with Gasteiger partial charge in [0.2, 0.25) is 15.7 Å². The van der Waals surface area contributed by atoms with Crippen LogP contribution in [0.5, 0.6) is 0 Å². The van der Waals surface area contributed by atoms with Gasteiger partial charge in [-0.15, -0.1) is 10.2 Å². The Morgan fingerprint density at radius 1 is 1.24 bits per heavy atom. The molecule has 0 unspecified atom stereocenters. The van der Waals surface area contributed by atoms with Gasteiger partial charge in [0.15, 0.2) is 15.1 Å². The predicted octanol–water partition coefficient (Wildman–Crippen LogP) is 3.55. The molecule has 0 atom stereocenters. The minimum atomic E-state index is -3.38. The van der Waals surface area contributed by atoms with E-state index >= 15 is 0 Å². The zero-order valence-electron chi connectivity index (χ0n) is 11.3. The maximum absolute atomic E-state index is 11.1. The van der Waals surface area contributed by atoms with E-state index in [9.17, 15) is 8.42 Å². The number of aryl methyl sites for hydroxylation is 2. The Balaban J connectivity index is 2.28. The summed E-state index contributed by atoms with van der Waals surface area (Å²) < 4.78 is 28.6. The number of nitrogens with one attached hydrogen (secondary N) is 1. The molecule has 0 aromatic carbocycles. The summed E-state index contributed by atoms with van der Waals surface area (Å²) in [4.78, 5) is 7.42. The smallest absolute Gasteiger partial charge is 0.247 e. The van der Waals surface area contributed by atoms with Crippen molar-refractivity contribution in [2.75, 3.05) is 11.0 Å². The molecule has 0 aliphatic rings. The summed E-state index contributed by atoms with van der Waals surface area (Å²) >= 11 is 2.16. The lowest BCUT2D eigenvalue weighted by atomic mass is 10.4. The zero-order chi connectivity index (χ0) is 15.6. The van der Waals surface area contributed by atoms with E-state index in [0.29, 0.717) is 27.1 Å². The summed E-state index contributed by atoms with van der Waals surface area (Å²) in [5, 5.41) is 9.15. The van der Waals surface area contributed by atoms with E-state index in [1.807, 2.05) is 0 Å². The lowest BCUT2D eigenvalue weighted by Crippen LogP contribution is -2.08. The van der Waals surface area contributed by atoms with Crippen molar-refractivity contribution in [2.24, 2.45) is 10.2 Å². The minimum Gasteiger partial charge on any atom is -0.259 e. The second-order valence-corrected chi connectivity index (χ2v) is 7.50. The van der Waals surface area contributed by atoms with Gasteiger partial charge < -0.3 is 0 Å². The molecule has 2 heterocycles. The summed E-state index contributed by atoms with van der Waals surface area (Å²) in [7, 11) is -3.38. The maximum Gasteiger partial charge on any atom is 0.247 e. The first-order valence-electron chi connectivity index (χ1n) is 5.51. The van der Waals surface area contributed by atoms with E-state index < -0.39 is 10.0 Å². The first-order chi connectivity index (χ1) is 9.80. The number of azo groups is 1. The van der Waals surface area contributed by atoms with Crippen molar-refractivity contribution in [1.82, 2.24) is 9.36 Å². The van der Waals surface area contributed by atoms with Gasteiger partial charge in [0, 0.05) is 0 Å². The normalized spacial score (nSPS) is 11.7. The molecule has 110 valence electrons. The Morgan fingerprint density at radius 2 is 1.90 bits per heavy atom. The third-order valence-corrected chi connectivity index (χ3v) is 4.67. The van der Waals surface area contributed by atoms with Crippen LogP contribution in [-0.4, -0.2) is 24.0 Å². The highest BCUT2D eigenvalue weighted by atomic mass is 32.2. The van der Waals surface area contributed by atoms with Crippen molar-refractivity contribution >= 4 is 53.7 Å². The molecule has 0 aliphatic carbocycles. The van der Waals surface area contributed by atoms with Gasteiger partial charge in [0.1, 0.15) is 0 Å². The Kier molecular flexibility index (Phi) is 4.31. The van der Waals surface area contributed by atoms with E-state index in [1.165, 1.54) is 0 Å². The molecule has 0 bridgehead atoms. The summed E-state index contributed by atoms with van der Waals surface area (Å²) in [6.45, 7) is 10.5. The van der Waals surface area contributed by atoms with Crippen LogP contribution in [0.1, 0.15) is 11.4 Å². The van der Waals surface area contributed by atoms with Crippen LogP contribution in [0.2, 0.25) is 0 Å². The molecule has 0 amide bonds. The van der Waals surface area contributed by atoms with Crippen LogP contribution < -0.4 is 4.72 Å². The van der Waals surface area contributed by atoms with E-state index in [1.54, 1.807) is 13.8 Å². The molecular weight excluding hydrogens is 332 g/mol. The van der Waals surface area contributed by atoms with Crippen molar-refractivity contribution < 1.29 is 8.42 Å². The van der Waals surface area contributed by atoms with Crippen molar-refractivity contribution in [3.05, 3.63) is 22.8 Å². The number of hydrogen-bond donors (Lipinski definition) is 1. The van der Waals surface area contributed by atoms with Crippen LogP contribution in [-0.2, 0) is 10.0 Å². The Morgan fingerprint density at radius 3 is 2.52 bits per heavy atom. The molecular formula is C10H10N6O2S3. The van der Waals surface area contributed by atoms with E-state index in [-0.39, 0.29) is 5.13 Å². The largest absolute Gasteiger partial charge is 0.259 e. The van der Waals surface area contributed by atoms with Crippen molar-refractivity contribution in [2.45, 2.75) is 13.8 Å². The summed E-state index contributed by atoms with van der Waals surface area (Å²) in [6, 6.07) is 0. The van der Waals surface area contributed by atoms with Gasteiger partial charge >= 0.3 is 0 Å². The molecule has 8 nitrogen and oxygen atoms in total. The second kappa shape index (κ2) is 5.84. The van der Waals surface area contributed by atoms with Crippen LogP contribution in [0.3, 0.4) is 0 Å². The molecule has 0 radical (unpaired) electrons. The third kappa shape index (κ3) is 3.81. The molecule has 0 aliphatic heterocycles. The lowest BCUT2D eigenvalue weighted by Gasteiger charge is -1.95. The van der Waals surface area contributed by atoms with Gasteiger partial charge in [-0.1, -0.05) is 11.3 Å². The summed E-state index contributed by atoms with van der Waals surface area (Å²) in [6.07, 6.45) is 1.05. The molecule has 0 fully saturated rings. The zero-order valence-corrected chi connectivity index (χ0v) is 13.7. The van der Waals surface area contributed by atoms with E-state index in [4.69, 9.17) is 6.57 Å². The van der Waals surface area contributed by atoms with Crippen molar-refractivity contribution in [3.63, 3.8) is 0 Å². The number of sulfonamides is 1. The first-order valence-corrected chi connectivity index (χ1v) is 8.99. The number of anilines is 1. The average molecular weight is 342 g/mol. The molecule has 0 saturated heterocycles. The molecule has 2 aromatic heterocycles. The van der Waals surface area contributed by atoms with E-state index in [2.05, 4.69) is 29.2 Å². The molecule has 2 aromatic rings. The first kappa shape index (κ1) is 15.5. The molecule has 2 rings (SSSR count). The second-order valence-electron chi connectivity index (χ2n) is 4.02.